The fourth-order valence-electron chi connectivity index (χ4n) is 3.48. The van der Waals surface area contributed by atoms with Crippen LogP contribution in [0.25, 0.3) is 11.0 Å². The molecule has 0 saturated carbocycles. The Kier molecular flexibility index (Phi) is 4.17. The molecule has 0 N–H and O–H groups in total. The summed E-state index contributed by atoms with van der Waals surface area (Å²) in [7, 11) is 0. The smallest absolute Gasteiger partial charge is 0.227 e. The molecule has 1 saturated heterocycles. The first-order valence-corrected chi connectivity index (χ1v) is 9.08. The van der Waals surface area contributed by atoms with Crippen molar-refractivity contribution in [2.75, 3.05) is 11.4 Å². The van der Waals surface area contributed by atoms with Gasteiger partial charge in [0.05, 0.1) is 11.0 Å². The van der Waals surface area contributed by atoms with E-state index in [2.05, 4.69) is 33.1 Å². The molecule has 1 amide bonds. The van der Waals surface area contributed by atoms with E-state index in [4.69, 9.17) is 4.98 Å². The van der Waals surface area contributed by atoms with Crippen molar-refractivity contribution in [2.45, 2.75) is 18.9 Å². The summed E-state index contributed by atoms with van der Waals surface area (Å²) in [5.74, 6) is 1.20. The number of allylic oxidation sites excluding steroid dienone is 1. The molecule has 0 aliphatic carbocycles. The van der Waals surface area contributed by atoms with Crippen LogP contribution < -0.4 is 4.90 Å². The molecular formula is C20H18BrN3O. The number of carbonyl (C=O) groups excluding carboxylic acids is 1. The number of nitrogens with zero attached hydrogens (tertiary/aromatic N) is 3. The molecule has 126 valence electrons. The number of hydrogen-bond acceptors (Lipinski definition) is 2. The van der Waals surface area contributed by atoms with Crippen molar-refractivity contribution in [3.8, 4) is 0 Å². The van der Waals surface area contributed by atoms with Gasteiger partial charge in [-0.3, -0.25) is 4.79 Å². The van der Waals surface area contributed by atoms with Crippen LogP contribution in [0.1, 0.15) is 18.2 Å². The summed E-state index contributed by atoms with van der Waals surface area (Å²) in [5, 5.41) is 0. The van der Waals surface area contributed by atoms with E-state index in [-0.39, 0.29) is 11.8 Å². The molecule has 4 nitrogen and oxygen atoms in total. The van der Waals surface area contributed by atoms with E-state index in [1.807, 2.05) is 53.4 Å². The maximum Gasteiger partial charge on any atom is 0.227 e. The molecule has 4 rings (SSSR count). The highest BCUT2D eigenvalue weighted by Gasteiger charge is 2.34. The summed E-state index contributed by atoms with van der Waals surface area (Å²) in [6.07, 6.45) is 2.36. The van der Waals surface area contributed by atoms with Crippen LogP contribution in [0.4, 0.5) is 5.69 Å². The number of hydrogen-bond donors (Lipinski definition) is 0. The molecule has 2 aromatic carbocycles. The van der Waals surface area contributed by atoms with Crippen molar-refractivity contribution < 1.29 is 4.79 Å². The molecule has 1 atom stereocenters. The largest absolute Gasteiger partial charge is 0.324 e. The van der Waals surface area contributed by atoms with Gasteiger partial charge in [0.1, 0.15) is 5.82 Å². The summed E-state index contributed by atoms with van der Waals surface area (Å²) >= 11 is 3.44. The van der Waals surface area contributed by atoms with Crippen molar-refractivity contribution in [3.63, 3.8) is 0 Å². The van der Waals surface area contributed by atoms with Crippen molar-refractivity contribution in [1.29, 1.82) is 0 Å². The lowest BCUT2D eigenvalue weighted by Gasteiger charge is -2.17. The number of fused-ring (bicyclic) bond motifs is 1. The van der Waals surface area contributed by atoms with Crippen molar-refractivity contribution >= 4 is 38.6 Å². The Morgan fingerprint density at radius 1 is 1.20 bits per heavy atom. The molecule has 0 spiro atoms. The van der Waals surface area contributed by atoms with Crippen LogP contribution >= 0.6 is 15.9 Å². The highest BCUT2D eigenvalue weighted by atomic mass is 79.9. The molecule has 1 aliphatic rings. The molecule has 5 heteroatoms. The summed E-state index contributed by atoms with van der Waals surface area (Å²) < 4.78 is 3.18. The van der Waals surface area contributed by atoms with Crippen LogP contribution in [0.3, 0.4) is 0 Å². The molecule has 1 aromatic heterocycles. The van der Waals surface area contributed by atoms with Gasteiger partial charge in [0.15, 0.2) is 0 Å². The van der Waals surface area contributed by atoms with Crippen LogP contribution in [-0.4, -0.2) is 22.0 Å². The van der Waals surface area contributed by atoms with Gasteiger partial charge in [0.2, 0.25) is 5.91 Å². The van der Waals surface area contributed by atoms with Gasteiger partial charge in [0.25, 0.3) is 0 Å². The maximum atomic E-state index is 12.6. The van der Waals surface area contributed by atoms with Crippen molar-refractivity contribution in [1.82, 2.24) is 9.55 Å². The Morgan fingerprint density at radius 2 is 1.96 bits per heavy atom. The number of halogens is 1. The lowest BCUT2D eigenvalue weighted by Crippen LogP contribution is -2.24. The van der Waals surface area contributed by atoms with Crippen molar-refractivity contribution in [2.24, 2.45) is 0 Å². The first kappa shape index (κ1) is 16.1. The Balaban J connectivity index is 1.70. The van der Waals surface area contributed by atoms with E-state index >= 15 is 0 Å². The highest BCUT2D eigenvalue weighted by molar-refractivity contribution is 9.10. The van der Waals surface area contributed by atoms with Gasteiger partial charge in [-0.15, -0.1) is 6.58 Å². The minimum atomic E-state index is 0.0866. The van der Waals surface area contributed by atoms with Gasteiger partial charge in [-0.25, -0.2) is 4.98 Å². The van der Waals surface area contributed by atoms with Gasteiger partial charge in [0, 0.05) is 35.6 Å². The minimum Gasteiger partial charge on any atom is -0.324 e. The SMILES string of the molecule is C=CCn1c([C@@H]2CC(=O)N(c3ccc(Br)cc3)C2)nc2ccccc21. The fourth-order valence-corrected chi connectivity index (χ4v) is 3.74. The molecule has 1 fully saturated rings. The number of anilines is 1. The molecule has 1 aliphatic heterocycles. The average Bonchev–Trinajstić information content (AvgIpc) is 3.17. The Hall–Kier alpha value is -2.40. The first-order valence-electron chi connectivity index (χ1n) is 8.29. The normalized spacial score (nSPS) is 17.4. The standard InChI is InChI=1S/C20H18BrN3O/c1-2-11-23-18-6-4-3-5-17(18)22-20(23)14-12-19(25)24(13-14)16-9-7-15(21)8-10-16/h2-10,14H,1,11-13H2/t14-/m1/s1. The van der Waals surface area contributed by atoms with Gasteiger partial charge in [-0.05, 0) is 36.4 Å². The number of carbonyl (C=O) groups is 1. The maximum absolute atomic E-state index is 12.6. The zero-order valence-corrected chi connectivity index (χ0v) is 15.3. The van der Waals surface area contributed by atoms with E-state index in [9.17, 15) is 4.79 Å². The number of rotatable bonds is 4. The molecule has 0 bridgehead atoms. The van der Waals surface area contributed by atoms with Crippen LogP contribution in [-0.2, 0) is 11.3 Å². The van der Waals surface area contributed by atoms with Crippen LogP contribution in [0.5, 0.6) is 0 Å². The third kappa shape index (κ3) is 2.89. The summed E-state index contributed by atoms with van der Waals surface area (Å²) in [5.41, 5.74) is 2.99. The molecule has 25 heavy (non-hydrogen) atoms. The topological polar surface area (TPSA) is 38.1 Å². The number of aromatic nitrogens is 2. The Labute approximate surface area is 154 Å². The van der Waals surface area contributed by atoms with E-state index in [1.165, 1.54) is 0 Å². The van der Waals surface area contributed by atoms with E-state index < -0.39 is 0 Å². The van der Waals surface area contributed by atoms with Gasteiger partial charge in [-0.2, -0.15) is 0 Å². The summed E-state index contributed by atoms with van der Waals surface area (Å²) in [6, 6.07) is 16.0. The molecule has 2 heterocycles. The van der Waals surface area contributed by atoms with Crippen LogP contribution in [0.2, 0.25) is 0 Å². The fraction of sp³-hybridized carbons (Fsp3) is 0.200. The summed E-state index contributed by atoms with van der Waals surface area (Å²) in [4.78, 5) is 19.3. The quantitative estimate of drug-likeness (QED) is 0.609. The van der Waals surface area contributed by atoms with E-state index in [0.29, 0.717) is 19.5 Å². The lowest BCUT2D eigenvalue weighted by atomic mass is 10.1. The predicted octanol–water partition coefficient (Wildman–Crippen LogP) is 4.51. The molecule has 0 unspecified atom stereocenters. The Morgan fingerprint density at radius 3 is 2.72 bits per heavy atom. The summed E-state index contributed by atoms with van der Waals surface area (Å²) in [6.45, 7) is 5.21. The third-order valence-electron chi connectivity index (χ3n) is 4.62. The van der Waals surface area contributed by atoms with Gasteiger partial charge in [-0.1, -0.05) is 34.1 Å². The lowest BCUT2D eigenvalue weighted by molar-refractivity contribution is -0.117. The van der Waals surface area contributed by atoms with Crippen LogP contribution in [0, 0.1) is 0 Å². The number of imidazole rings is 1. The van der Waals surface area contributed by atoms with Gasteiger partial charge >= 0.3 is 0 Å². The zero-order valence-electron chi connectivity index (χ0n) is 13.7. The predicted molar refractivity (Wildman–Crippen MR) is 104 cm³/mol. The second-order valence-electron chi connectivity index (χ2n) is 6.24. The third-order valence-corrected chi connectivity index (χ3v) is 5.15. The number of benzene rings is 2. The highest BCUT2D eigenvalue weighted by Crippen LogP contribution is 2.33. The van der Waals surface area contributed by atoms with Gasteiger partial charge < -0.3 is 9.47 Å². The van der Waals surface area contributed by atoms with E-state index in [1.54, 1.807) is 0 Å². The zero-order chi connectivity index (χ0) is 17.4. The van der Waals surface area contributed by atoms with E-state index in [0.717, 1.165) is 27.0 Å². The number of amides is 1. The monoisotopic (exact) mass is 395 g/mol. The Bertz CT molecular complexity index is 945. The van der Waals surface area contributed by atoms with Crippen molar-refractivity contribution in [3.05, 3.63) is 71.5 Å². The molecular weight excluding hydrogens is 378 g/mol. The second kappa shape index (κ2) is 6.48. The van der Waals surface area contributed by atoms with Crippen LogP contribution in [0.15, 0.2) is 65.7 Å². The second-order valence-corrected chi connectivity index (χ2v) is 7.16. The minimum absolute atomic E-state index is 0.0866. The average molecular weight is 396 g/mol. The molecule has 0 radical (unpaired) electrons. The number of para-hydroxylation sites is 2. The molecule has 3 aromatic rings. The first-order chi connectivity index (χ1) is 12.2.